The molecular formula is C39H60F4N8O25. The van der Waals surface area contributed by atoms with Gasteiger partial charge in [0.1, 0.15) is 73.7 Å². The molecule has 33 nitrogen and oxygen atoms in total. The van der Waals surface area contributed by atoms with Crippen LogP contribution in [0.1, 0.15) is 25.7 Å². The molecule has 0 aliphatic carbocycles. The molecule has 8 heterocycles. The molecule has 8 rings (SSSR count). The van der Waals surface area contributed by atoms with Crippen LogP contribution < -0.4 is 21.3 Å². The molecule has 0 aromatic heterocycles. The fourth-order valence-corrected chi connectivity index (χ4v) is 8.86. The first-order valence-electron chi connectivity index (χ1n) is 23.0. The topological polar surface area (TPSA) is 501 Å². The molecule has 8 aliphatic heterocycles. The standard InChI is InChI=1S/C10H15FN2O7.2C10H15FN2O6.C9H15FN2O6/c11-10(8(17)18)6(16)4(3-14)20-7(10)13-2-1-5(15)12-9(13)19;2*11-10(4-15)7(17)5(3-14)19-8(10)13-2-1-6(16)12-9(13)18;10-9(17)6(15)4(3-13)18-7(9)12-2-1-5(14)11-8(12)16/h4-7,14-16H,1-3H2,(H,12,19)(H,17,18);2*4-8,14,16-17H,1-3H2,(H,12,18);4-7,13-15,17H,1-3H2,(H,11,16)/t4-,5?,6-,7?,10-;5-,6?,7-,8?,10+;5-,6?,7-,8?,10-;4-,5?,6-,7?,9-/m1111/s1. The number of hydrogen-bond acceptors (Lipinski definition) is 24. The fourth-order valence-electron chi connectivity index (χ4n) is 8.86. The van der Waals surface area contributed by atoms with Crippen molar-refractivity contribution >= 4 is 42.7 Å². The Morgan fingerprint density at radius 3 is 1.03 bits per heavy atom. The molecule has 20 atom stereocenters. The molecule has 18 N–H and O–H groups in total. The third-order valence-corrected chi connectivity index (χ3v) is 13.2. The van der Waals surface area contributed by atoms with Crippen molar-refractivity contribution in [1.82, 2.24) is 40.9 Å². The van der Waals surface area contributed by atoms with Crippen molar-refractivity contribution in [2.24, 2.45) is 0 Å². The highest BCUT2D eigenvalue weighted by atomic mass is 19.2. The number of aldehydes is 2. The molecule has 434 valence electrons. The first kappa shape index (κ1) is 61.8. The summed E-state index contributed by atoms with van der Waals surface area (Å²) in [5.74, 6) is -5.17. The van der Waals surface area contributed by atoms with E-state index < -0.39 is 178 Å². The van der Waals surface area contributed by atoms with E-state index in [1.165, 1.54) is 0 Å². The number of hydrogen-bond donors (Lipinski definition) is 18. The van der Waals surface area contributed by atoms with Crippen LogP contribution in [0, 0.1) is 0 Å². The Morgan fingerprint density at radius 2 is 0.750 bits per heavy atom. The van der Waals surface area contributed by atoms with Gasteiger partial charge in [0.15, 0.2) is 37.5 Å². The zero-order valence-electron chi connectivity index (χ0n) is 39.4. The molecule has 8 saturated heterocycles. The van der Waals surface area contributed by atoms with Crippen LogP contribution in [-0.2, 0) is 33.3 Å². The highest BCUT2D eigenvalue weighted by Gasteiger charge is 2.66. The van der Waals surface area contributed by atoms with Crippen molar-refractivity contribution in [1.29, 1.82) is 0 Å². The zero-order chi connectivity index (χ0) is 57.0. The number of aliphatic hydroxyl groups is 13. The summed E-state index contributed by atoms with van der Waals surface area (Å²) in [5, 5.41) is 138. The molecule has 8 amide bonds. The Labute approximate surface area is 424 Å². The quantitative estimate of drug-likeness (QED) is 0.0675. The van der Waals surface area contributed by atoms with E-state index in [2.05, 4.69) is 21.3 Å². The van der Waals surface area contributed by atoms with Gasteiger partial charge in [-0.3, -0.25) is 29.2 Å². The van der Waals surface area contributed by atoms with Crippen LogP contribution in [0.2, 0.25) is 0 Å². The third kappa shape index (κ3) is 12.0. The minimum Gasteiger partial charge on any atom is -0.479 e. The molecule has 8 aliphatic rings. The lowest BCUT2D eigenvalue weighted by molar-refractivity contribution is -0.207. The van der Waals surface area contributed by atoms with Gasteiger partial charge in [0.25, 0.3) is 11.5 Å². The average Bonchev–Trinajstić information content (AvgIpc) is 3.98. The number of carboxylic acids is 1. The number of aliphatic hydroxyl groups excluding tert-OH is 12. The number of halogens is 4. The summed E-state index contributed by atoms with van der Waals surface area (Å²) in [6.07, 6.45) is -24.1. The minimum atomic E-state index is -3.26. The lowest BCUT2D eigenvalue weighted by Crippen LogP contribution is -2.63. The van der Waals surface area contributed by atoms with Crippen LogP contribution in [0.15, 0.2) is 0 Å². The molecule has 0 aromatic rings. The van der Waals surface area contributed by atoms with E-state index >= 15 is 0 Å². The van der Waals surface area contributed by atoms with Crippen LogP contribution in [0.25, 0.3) is 0 Å². The number of amides is 8. The molecule has 76 heavy (non-hydrogen) atoms. The maximum Gasteiger partial charge on any atom is 0.349 e. The molecule has 8 unspecified atom stereocenters. The van der Waals surface area contributed by atoms with Crippen LogP contribution >= 0.6 is 0 Å². The summed E-state index contributed by atoms with van der Waals surface area (Å²) < 4.78 is 77.5. The van der Waals surface area contributed by atoms with Crippen molar-refractivity contribution in [3.63, 3.8) is 0 Å². The normalized spacial score (nSPS) is 43.2. The Bertz CT molecular complexity index is 2020. The number of rotatable bonds is 11. The minimum absolute atomic E-state index is 0.0396. The van der Waals surface area contributed by atoms with E-state index in [9.17, 15) is 97.1 Å². The van der Waals surface area contributed by atoms with Crippen molar-refractivity contribution in [2.45, 2.75) is 147 Å². The van der Waals surface area contributed by atoms with Crippen molar-refractivity contribution in [3.8, 4) is 0 Å². The molecule has 0 radical (unpaired) electrons. The lowest BCUT2D eigenvalue weighted by Gasteiger charge is -2.37. The number of nitrogens with one attached hydrogen (secondary N) is 4. The average molecular weight is 1120 g/mol. The second-order valence-electron chi connectivity index (χ2n) is 18.1. The van der Waals surface area contributed by atoms with Crippen molar-refractivity contribution in [2.75, 3.05) is 52.6 Å². The number of carboxylic acid groups (broad SMARTS) is 1. The van der Waals surface area contributed by atoms with Gasteiger partial charge in [0.05, 0.1) is 26.4 Å². The Kier molecular flexibility index (Phi) is 20.1. The summed E-state index contributed by atoms with van der Waals surface area (Å²) in [6.45, 7) is -3.14. The van der Waals surface area contributed by atoms with E-state index in [1.54, 1.807) is 0 Å². The highest BCUT2D eigenvalue weighted by Crippen LogP contribution is 2.40. The number of carbonyl (C=O) groups excluding carboxylic acids is 6. The molecular weight excluding hydrogens is 1060 g/mol. The Hall–Kier alpha value is -5.07. The zero-order valence-corrected chi connectivity index (χ0v) is 39.4. The van der Waals surface area contributed by atoms with Gasteiger partial charge in [-0.1, -0.05) is 0 Å². The van der Waals surface area contributed by atoms with E-state index in [0.717, 1.165) is 19.6 Å². The first-order chi connectivity index (χ1) is 35.6. The fraction of sp³-hybridized carbons (Fsp3) is 0.821. The van der Waals surface area contributed by atoms with Gasteiger partial charge in [-0.15, -0.1) is 0 Å². The van der Waals surface area contributed by atoms with Gasteiger partial charge in [-0.2, -0.15) is 0 Å². The number of ether oxygens (including phenoxy) is 4. The van der Waals surface area contributed by atoms with Crippen molar-refractivity contribution in [3.05, 3.63) is 0 Å². The number of nitrogens with zero attached hydrogens (tertiary/aromatic N) is 4. The van der Waals surface area contributed by atoms with E-state index in [0.29, 0.717) is 0 Å². The second kappa shape index (κ2) is 24.7. The van der Waals surface area contributed by atoms with E-state index in [4.69, 9.17) is 44.5 Å². The van der Waals surface area contributed by atoms with Crippen LogP contribution in [0.5, 0.6) is 0 Å². The van der Waals surface area contributed by atoms with Gasteiger partial charge >= 0.3 is 30.1 Å². The molecule has 0 saturated carbocycles. The van der Waals surface area contributed by atoms with E-state index in [1.807, 2.05) is 0 Å². The van der Waals surface area contributed by atoms with Gasteiger partial charge in [-0.25, -0.2) is 41.5 Å². The van der Waals surface area contributed by atoms with Gasteiger partial charge in [-0.05, 0) is 0 Å². The molecule has 0 spiro atoms. The summed E-state index contributed by atoms with van der Waals surface area (Å²) in [7, 11) is 0. The highest BCUT2D eigenvalue weighted by molar-refractivity contribution is 5.83. The summed E-state index contributed by atoms with van der Waals surface area (Å²) >= 11 is 0. The maximum atomic E-state index is 14.6. The summed E-state index contributed by atoms with van der Waals surface area (Å²) in [5.41, 5.74) is -8.88. The maximum absolute atomic E-state index is 14.6. The van der Waals surface area contributed by atoms with Gasteiger partial charge in [0, 0.05) is 51.9 Å². The molecule has 0 bridgehead atoms. The predicted molar refractivity (Wildman–Crippen MR) is 228 cm³/mol. The lowest BCUT2D eigenvalue weighted by atomic mass is 9.95. The van der Waals surface area contributed by atoms with Crippen LogP contribution in [-0.4, -0.2) is 308 Å². The number of alkyl halides is 4. The number of aliphatic carboxylic acids is 1. The SMILES string of the molecule is O=C1NC(O)CCN1C1O[C@H](CO)[C@@H](O)[C@]1(F)C(=O)O.O=C1NC(O)CCN1C1O[C@H](CO)[C@@H](O)[C@]1(O)F.O=C[C@@]1(F)C(N2CCC(O)NC2=O)O[C@H](CO)[C@H]1O.O=C[C@]1(F)C(N2CCC(O)NC2=O)O[C@H](CO)[C@H]1O. The van der Waals surface area contributed by atoms with Gasteiger partial charge in [0.2, 0.25) is 11.3 Å². The molecule has 8 fully saturated rings. The van der Waals surface area contributed by atoms with Gasteiger partial charge < -0.3 is 112 Å². The number of carbonyl (C=O) groups is 7. The van der Waals surface area contributed by atoms with Crippen LogP contribution in [0.3, 0.4) is 0 Å². The van der Waals surface area contributed by atoms with Crippen molar-refractivity contribution < 1.29 is 142 Å². The third-order valence-electron chi connectivity index (χ3n) is 13.2. The van der Waals surface area contributed by atoms with Crippen LogP contribution in [0.4, 0.5) is 36.7 Å². The summed E-state index contributed by atoms with van der Waals surface area (Å²) in [4.78, 5) is 82.8. The number of urea groups is 4. The second-order valence-corrected chi connectivity index (χ2v) is 18.1. The largest absolute Gasteiger partial charge is 0.479 e. The molecule has 0 aromatic carbocycles. The summed E-state index contributed by atoms with van der Waals surface area (Å²) in [6, 6.07) is -3.35. The Balaban J connectivity index is 0.000000187. The Morgan fingerprint density at radius 1 is 0.487 bits per heavy atom. The predicted octanol–water partition coefficient (Wildman–Crippen LogP) is -9.54. The first-order valence-corrected chi connectivity index (χ1v) is 23.0. The molecule has 37 heteroatoms. The monoisotopic (exact) mass is 1120 g/mol. The van der Waals surface area contributed by atoms with E-state index in [-0.39, 0.29) is 64.4 Å². The smallest absolute Gasteiger partial charge is 0.349 e.